The van der Waals surface area contributed by atoms with Crippen molar-refractivity contribution in [1.82, 2.24) is 0 Å². The van der Waals surface area contributed by atoms with Crippen molar-refractivity contribution >= 4 is 0 Å². The zero-order valence-electron chi connectivity index (χ0n) is 5.68. The first kappa shape index (κ1) is 7.34. The summed E-state index contributed by atoms with van der Waals surface area (Å²) in [4.78, 5) is 0. The van der Waals surface area contributed by atoms with E-state index in [4.69, 9.17) is 0 Å². The topological polar surface area (TPSA) is 24.7 Å². The smallest absolute Gasteiger partial charge is 0.0656 e. The maximum atomic E-state index is 3.85. The molecule has 0 spiro atoms. The Morgan fingerprint density at radius 1 is 1.50 bits per heavy atom. The molecular weight excluding hydrogens is 100 g/mol. The Hall–Kier alpha value is -0.660. The molecule has 0 fully saturated rings. The maximum Gasteiger partial charge on any atom is 0.0656 e. The van der Waals surface area contributed by atoms with Gasteiger partial charge in [-0.15, -0.1) is 0 Å². The predicted octanol–water partition coefficient (Wildman–Crippen LogP) is 2.38. The highest BCUT2D eigenvalue weighted by atomic mass is 15.1. The Morgan fingerprint density at radius 2 is 2.00 bits per heavy atom. The van der Waals surface area contributed by atoms with Crippen LogP contribution in [0.15, 0.2) is 22.5 Å². The van der Waals surface area contributed by atoms with Gasteiger partial charge in [0.15, 0.2) is 0 Å². The van der Waals surface area contributed by atoms with E-state index in [0.29, 0.717) is 0 Å². The highest BCUT2D eigenvalue weighted by Gasteiger charge is 1.82. The largest absolute Gasteiger partial charge is 0.186 e. The summed E-state index contributed by atoms with van der Waals surface area (Å²) in [5.74, 6) is 0. The molecule has 0 N–H and O–H groups in total. The van der Waals surface area contributed by atoms with E-state index in [9.17, 15) is 0 Å². The fourth-order valence-electron chi connectivity index (χ4n) is 0.214. The van der Waals surface area contributed by atoms with E-state index in [1.54, 1.807) is 0 Å². The lowest BCUT2D eigenvalue weighted by atomic mass is 10.4. The van der Waals surface area contributed by atoms with Gasteiger partial charge in [0.05, 0.1) is 11.7 Å². The van der Waals surface area contributed by atoms with E-state index in [0.717, 1.165) is 5.70 Å². The lowest BCUT2D eigenvalue weighted by Crippen LogP contribution is -1.84. The van der Waals surface area contributed by atoms with Gasteiger partial charge in [-0.2, -0.15) is 10.2 Å². The summed E-state index contributed by atoms with van der Waals surface area (Å²) in [6.07, 6.45) is 0. The molecule has 0 aromatic heterocycles. The van der Waals surface area contributed by atoms with Crippen molar-refractivity contribution in [2.45, 2.75) is 26.8 Å². The monoisotopic (exact) mass is 112 g/mol. The van der Waals surface area contributed by atoms with Gasteiger partial charge in [-0.25, -0.2) is 0 Å². The fraction of sp³-hybridized carbons (Fsp3) is 0.667. The van der Waals surface area contributed by atoms with Crippen molar-refractivity contribution in [2.75, 3.05) is 0 Å². The summed E-state index contributed by atoms with van der Waals surface area (Å²) < 4.78 is 0. The second kappa shape index (κ2) is 3.36. The van der Waals surface area contributed by atoms with Gasteiger partial charge in [0.1, 0.15) is 0 Å². The van der Waals surface area contributed by atoms with Crippen molar-refractivity contribution in [3.8, 4) is 0 Å². The molecule has 2 heteroatoms. The molecule has 0 bridgehead atoms. The lowest BCUT2D eigenvalue weighted by Gasteiger charge is -1.90. The standard InChI is InChI=1S/C6H12N2/c1-5(2)7-8-6(3)4/h6H,1H2,2-4H3/b8-7+. The van der Waals surface area contributed by atoms with E-state index in [-0.39, 0.29) is 6.04 Å². The van der Waals surface area contributed by atoms with Crippen LogP contribution in [-0.4, -0.2) is 6.04 Å². The predicted molar refractivity (Wildman–Crippen MR) is 34.8 cm³/mol. The first-order valence-corrected chi connectivity index (χ1v) is 2.69. The third-order valence-electron chi connectivity index (χ3n) is 0.459. The fourth-order valence-corrected chi connectivity index (χ4v) is 0.214. The van der Waals surface area contributed by atoms with Gasteiger partial charge in [-0.05, 0) is 20.8 Å². The highest BCUT2D eigenvalue weighted by Crippen LogP contribution is 1.93. The number of azo groups is 1. The molecule has 0 radical (unpaired) electrons. The minimum absolute atomic E-state index is 0.284. The average molecular weight is 112 g/mol. The van der Waals surface area contributed by atoms with Crippen molar-refractivity contribution in [1.29, 1.82) is 0 Å². The van der Waals surface area contributed by atoms with Gasteiger partial charge in [0.25, 0.3) is 0 Å². The Bertz CT molecular complexity index is 103. The second-order valence-electron chi connectivity index (χ2n) is 2.04. The van der Waals surface area contributed by atoms with Crippen molar-refractivity contribution < 1.29 is 0 Å². The number of hydrogen-bond acceptors (Lipinski definition) is 2. The van der Waals surface area contributed by atoms with Crippen LogP contribution < -0.4 is 0 Å². The molecule has 0 aliphatic rings. The van der Waals surface area contributed by atoms with Crippen LogP contribution in [0.5, 0.6) is 0 Å². The van der Waals surface area contributed by atoms with Gasteiger partial charge < -0.3 is 0 Å². The van der Waals surface area contributed by atoms with Crippen LogP contribution in [0.25, 0.3) is 0 Å². The van der Waals surface area contributed by atoms with E-state index < -0.39 is 0 Å². The second-order valence-corrected chi connectivity index (χ2v) is 2.04. The summed E-state index contributed by atoms with van der Waals surface area (Å²) in [6, 6.07) is 0.284. The van der Waals surface area contributed by atoms with Crippen LogP contribution in [0, 0.1) is 0 Å². The summed E-state index contributed by atoms with van der Waals surface area (Å²) >= 11 is 0. The van der Waals surface area contributed by atoms with Crippen LogP contribution in [0.4, 0.5) is 0 Å². The molecule has 0 saturated heterocycles. The van der Waals surface area contributed by atoms with Gasteiger partial charge in [-0.3, -0.25) is 0 Å². The molecule has 2 nitrogen and oxygen atoms in total. The first-order valence-electron chi connectivity index (χ1n) is 2.69. The summed E-state index contributed by atoms with van der Waals surface area (Å²) in [7, 11) is 0. The molecule has 0 aliphatic heterocycles. The van der Waals surface area contributed by atoms with E-state index in [2.05, 4.69) is 16.8 Å². The van der Waals surface area contributed by atoms with Gasteiger partial charge in [0.2, 0.25) is 0 Å². The molecule has 0 aliphatic carbocycles. The van der Waals surface area contributed by atoms with Crippen molar-refractivity contribution in [2.24, 2.45) is 10.2 Å². The Kier molecular flexibility index (Phi) is 3.08. The molecule has 0 rings (SSSR count). The number of rotatable bonds is 2. The Balaban J connectivity index is 3.50. The molecule has 0 aromatic rings. The zero-order valence-corrected chi connectivity index (χ0v) is 5.68. The van der Waals surface area contributed by atoms with Gasteiger partial charge >= 0.3 is 0 Å². The molecule has 0 unspecified atom stereocenters. The van der Waals surface area contributed by atoms with Crippen LogP contribution in [-0.2, 0) is 0 Å². The minimum atomic E-state index is 0.284. The summed E-state index contributed by atoms with van der Waals surface area (Å²) in [5, 5.41) is 7.60. The van der Waals surface area contributed by atoms with Crippen molar-refractivity contribution in [3.05, 3.63) is 12.3 Å². The molecule has 0 heterocycles. The molecule has 0 aromatic carbocycles. The van der Waals surface area contributed by atoms with Crippen LogP contribution in [0.1, 0.15) is 20.8 Å². The van der Waals surface area contributed by atoms with Crippen LogP contribution >= 0.6 is 0 Å². The highest BCUT2D eigenvalue weighted by molar-refractivity contribution is 4.82. The van der Waals surface area contributed by atoms with Crippen molar-refractivity contribution in [3.63, 3.8) is 0 Å². The summed E-state index contributed by atoms with van der Waals surface area (Å²) in [6.45, 7) is 9.35. The van der Waals surface area contributed by atoms with Crippen LogP contribution in [0.2, 0.25) is 0 Å². The zero-order chi connectivity index (χ0) is 6.57. The van der Waals surface area contributed by atoms with Gasteiger partial charge in [0, 0.05) is 0 Å². The van der Waals surface area contributed by atoms with Gasteiger partial charge in [-0.1, -0.05) is 6.58 Å². The molecule has 46 valence electrons. The molecular formula is C6H12N2. The minimum Gasteiger partial charge on any atom is -0.186 e. The van der Waals surface area contributed by atoms with E-state index in [1.165, 1.54) is 0 Å². The molecule has 0 atom stereocenters. The quantitative estimate of drug-likeness (QED) is 0.490. The average Bonchev–Trinajstić information content (AvgIpc) is 1.61. The number of hydrogen-bond donors (Lipinski definition) is 0. The molecule has 8 heavy (non-hydrogen) atoms. The lowest BCUT2D eigenvalue weighted by molar-refractivity contribution is 0.767. The number of nitrogens with zero attached hydrogens (tertiary/aromatic N) is 2. The normalized spacial score (nSPS) is 11.0. The Labute approximate surface area is 50.3 Å². The maximum absolute atomic E-state index is 3.85. The van der Waals surface area contributed by atoms with E-state index in [1.807, 2.05) is 20.8 Å². The third-order valence-corrected chi connectivity index (χ3v) is 0.459. The molecule has 0 saturated carbocycles. The third kappa shape index (κ3) is 5.34. The molecule has 0 amide bonds. The van der Waals surface area contributed by atoms with Crippen LogP contribution in [0.3, 0.4) is 0 Å². The summed E-state index contributed by atoms with van der Waals surface area (Å²) in [5.41, 5.74) is 0.763. The first-order chi connectivity index (χ1) is 3.63. The number of allylic oxidation sites excluding steroid dienone is 1. The SMILES string of the molecule is C=C(C)/N=N/C(C)C. The Morgan fingerprint density at radius 3 is 2.12 bits per heavy atom. The van der Waals surface area contributed by atoms with E-state index >= 15 is 0 Å².